The number of rotatable bonds is 3. The Morgan fingerprint density at radius 1 is 1.22 bits per heavy atom. The summed E-state index contributed by atoms with van der Waals surface area (Å²) in [7, 11) is 1.44. The van der Waals surface area contributed by atoms with Crippen molar-refractivity contribution in [1.82, 2.24) is 0 Å². The van der Waals surface area contributed by atoms with Crippen molar-refractivity contribution >= 4 is 0 Å². The molecule has 0 heterocycles. The van der Waals surface area contributed by atoms with E-state index in [-0.39, 0.29) is 5.57 Å². The lowest BCUT2D eigenvalue weighted by Crippen LogP contribution is -2.18. The summed E-state index contributed by atoms with van der Waals surface area (Å²) in [5, 5.41) is 0. The molecule has 0 saturated carbocycles. The molecule has 0 rings (SSSR count). The summed E-state index contributed by atoms with van der Waals surface area (Å²) in [6.07, 6.45) is -1.85. The van der Waals surface area contributed by atoms with Crippen LogP contribution in [0.15, 0.2) is 12.2 Å². The van der Waals surface area contributed by atoms with E-state index >= 15 is 0 Å². The van der Waals surface area contributed by atoms with Crippen LogP contribution in [0.2, 0.25) is 0 Å². The van der Waals surface area contributed by atoms with Gasteiger partial charge >= 0.3 is 6.11 Å². The summed E-state index contributed by atoms with van der Waals surface area (Å²) in [5.74, 6) is 0.884. The third-order valence-corrected chi connectivity index (χ3v) is 1.57. The smallest absolute Gasteiger partial charge is 0.320 e. The van der Waals surface area contributed by atoms with Crippen LogP contribution in [0.4, 0.5) is 22.0 Å². The number of alkyl halides is 5. The summed E-state index contributed by atoms with van der Waals surface area (Å²) < 4.78 is 56.4. The Morgan fingerprint density at radius 2 is 1.44 bits per heavy atom. The van der Waals surface area contributed by atoms with Crippen LogP contribution in [0, 0.1) is 5.92 Å². The second kappa shape index (κ2) is 18.7. The van der Waals surface area contributed by atoms with Crippen LogP contribution in [-0.2, 0) is 4.74 Å². The van der Waals surface area contributed by atoms with Crippen molar-refractivity contribution in [3.63, 3.8) is 0 Å². The van der Waals surface area contributed by atoms with E-state index in [0.717, 1.165) is 13.0 Å². The molecule has 0 bridgehead atoms. The summed E-state index contributed by atoms with van der Waals surface area (Å²) in [6, 6.07) is 0. The van der Waals surface area contributed by atoms with Gasteiger partial charge in [-0.1, -0.05) is 33.8 Å². The molecular formula is C12H25F5O. The summed E-state index contributed by atoms with van der Waals surface area (Å²) in [6.45, 7) is 9.13. The molecule has 0 radical (unpaired) electrons. The maximum absolute atomic E-state index is 12.0. The topological polar surface area (TPSA) is 9.23 Å². The molecule has 0 aromatic carbocycles. The Hall–Kier alpha value is -0.650. The van der Waals surface area contributed by atoms with Gasteiger partial charge < -0.3 is 4.74 Å². The lowest BCUT2D eigenvalue weighted by atomic mass is 10.2. The maximum Gasteiger partial charge on any atom is 0.378 e. The molecule has 114 valence electrons. The minimum atomic E-state index is -3.15. The summed E-state index contributed by atoms with van der Waals surface area (Å²) in [4.78, 5) is 0. The highest BCUT2D eigenvalue weighted by molar-refractivity contribution is 4.97. The minimum Gasteiger partial charge on any atom is -0.320 e. The van der Waals surface area contributed by atoms with Gasteiger partial charge in [-0.15, -0.1) is 0 Å². The molecule has 0 fully saturated rings. The van der Waals surface area contributed by atoms with E-state index in [9.17, 15) is 22.0 Å². The minimum absolute atomic E-state index is 0.278. The lowest BCUT2D eigenvalue weighted by Gasteiger charge is -2.11. The average Bonchev–Trinajstić information content (AvgIpc) is 2.33. The molecule has 6 heteroatoms. The van der Waals surface area contributed by atoms with E-state index < -0.39 is 13.0 Å². The van der Waals surface area contributed by atoms with E-state index in [1.807, 2.05) is 0 Å². The first-order chi connectivity index (χ1) is 8.19. The third-order valence-electron chi connectivity index (χ3n) is 1.57. The molecule has 0 saturated heterocycles. The molecule has 0 N–H and O–H groups in total. The van der Waals surface area contributed by atoms with Gasteiger partial charge in [0, 0.05) is 12.7 Å². The molecule has 0 amide bonds. The van der Waals surface area contributed by atoms with E-state index in [4.69, 9.17) is 0 Å². The van der Waals surface area contributed by atoms with Gasteiger partial charge in [0.1, 0.15) is 0 Å². The highest BCUT2D eigenvalue weighted by atomic mass is 19.3. The quantitative estimate of drug-likeness (QED) is 0.502. The molecule has 0 aromatic heterocycles. The molecule has 0 aromatic rings. The molecule has 0 aliphatic heterocycles. The van der Waals surface area contributed by atoms with Crippen LogP contribution in [0.5, 0.6) is 0 Å². The second-order valence-electron chi connectivity index (χ2n) is 3.40. The summed E-state index contributed by atoms with van der Waals surface area (Å²) >= 11 is 0. The average molecular weight is 280 g/mol. The van der Waals surface area contributed by atoms with Crippen LogP contribution in [0.3, 0.4) is 0 Å². The highest BCUT2D eigenvalue weighted by Gasteiger charge is 2.28. The van der Waals surface area contributed by atoms with Crippen molar-refractivity contribution < 1.29 is 26.7 Å². The van der Waals surface area contributed by atoms with Crippen molar-refractivity contribution in [2.75, 3.05) is 21.2 Å². The van der Waals surface area contributed by atoms with E-state index in [1.165, 1.54) is 13.3 Å². The fourth-order valence-electron chi connectivity index (χ4n) is 0.174. The SMILES string of the molecule is C=C(C)C(F)(F)OC.CCC(C)C.CF.FCF. The third kappa shape index (κ3) is 29.5. The fraction of sp³-hybridized carbons (Fsp3) is 0.833. The van der Waals surface area contributed by atoms with Crippen LogP contribution < -0.4 is 0 Å². The Kier molecular flexibility index (Phi) is 27.0. The zero-order valence-electron chi connectivity index (χ0n) is 12.0. The zero-order chi connectivity index (χ0) is 15.8. The van der Waals surface area contributed by atoms with Gasteiger partial charge in [0.2, 0.25) is 6.93 Å². The van der Waals surface area contributed by atoms with Gasteiger partial charge in [0.15, 0.2) is 0 Å². The van der Waals surface area contributed by atoms with E-state index in [1.54, 1.807) is 0 Å². The number of hydrogen-bond acceptors (Lipinski definition) is 1. The molecule has 1 nitrogen and oxygen atoms in total. The number of hydrogen-bond donors (Lipinski definition) is 0. The van der Waals surface area contributed by atoms with Crippen molar-refractivity contribution in [2.24, 2.45) is 5.92 Å². The van der Waals surface area contributed by atoms with Gasteiger partial charge in [0.25, 0.3) is 0 Å². The molecule has 0 aliphatic rings. The number of methoxy groups -OCH3 is 1. The number of ether oxygens (including phenoxy) is 1. The first-order valence-electron chi connectivity index (χ1n) is 5.28. The fourth-order valence-corrected chi connectivity index (χ4v) is 0.174. The standard InChI is InChI=1S/C5H8F2O.C5H12.CH2F2.CH3F/c1-4(2)5(6,7)8-3;1-4-5(2)3;2-1-3;1-2/h1H2,2-3H3;5H,4H2,1-3H3;1H2;1H3. The van der Waals surface area contributed by atoms with Crippen LogP contribution in [0.25, 0.3) is 0 Å². The Labute approximate surface area is 107 Å². The van der Waals surface area contributed by atoms with Gasteiger partial charge in [-0.05, 0) is 12.8 Å². The monoisotopic (exact) mass is 280 g/mol. The van der Waals surface area contributed by atoms with Gasteiger partial charge in [-0.3, -0.25) is 4.39 Å². The Balaban J connectivity index is -0.0000000842. The van der Waals surface area contributed by atoms with Crippen molar-refractivity contribution in [2.45, 2.75) is 40.2 Å². The first-order valence-corrected chi connectivity index (χ1v) is 5.28. The summed E-state index contributed by atoms with van der Waals surface area (Å²) in [5.41, 5.74) is -0.278. The van der Waals surface area contributed by atoms with E-state index in [0.29, 0.717) is 7.18 Å². The van der Waals surface area contributed by atoms with Crippen LogP contribution >= 0.6 is 0 Å². The maximum atomic E-state index is 12.0. The lowest BCUT2D eigenvalue weighted by molar-refractivity contribution is -0.189. The van der Waals surface area contributed by atoms with Gasteiger partial charge in [-0.2, -0.15) is 8.78 Å². The van der Waals surface area contributed by atoms with Crippen molar-refractivity contribution in [1.29, 1.82) is 0 Å². The van der Waals surface area contributed by atoms with Crippen molar-refractivity contribution in [3.8, 4) is 0 Å². The first kappa shape index (κ1) is 26.0. The molecule has 0 aliphatic carbocycles. The predicted octanol–water partition coefficient (Wildman–Crippen LogP) is 5.32. The highest BCUT2D eigenvalue weighted by Crippen LogP contribution is 2.21. The molecule has 0 atom stereocenters. The van der Waals surface area contributed by atoms with Crippen LogP contribution in [-0.4, -0.2) is 27.3 Å². The normalized spacial score (nSPS) is 9.11. The second-order valence-corrected chi connectivity index (χ2v) is 3.40. The van der Waals surface area contributed by atoms with Crippen molar-refractivity contribution in [3.05, 3.63) is 12.2 Å². The predicted molar refractivity (Wildman–Crippen MR) is 66.0 cm³/mol. The Bertz CT molecular complexity index is 161. The van der Waals surface area contributed by atoms with Gasteiger partial charge in [-0.25, -0.2) is 8.78 Å². The molecule has 18 heavy (non-hydrogen) atoms. The molecular weight excluding hydrogens is 255 g/mol. The number of halogens is 5. The zero-order valence-corrected chi connectivity index (χ0v) is 12.0. The van der Waals surface area contributed by atoms with E-state index in [2.05, 4.69) is 32.1 Å². The van der Waals surface area contributed by atoms with Gasteiger partial charge in [0.05, 0.1) is 7.18 Å². The Morgan fingerprint density at radius 3 is 1.44 bits per heavy atom. The van der Waals surface area contributed by atoms with Crippen LogP contribution in [0.1, 0.15) is 34.1 Å². The molecule has 0 spiro atoms. The molecule has 0 unspecified atom stereocenters. The largest absolute Gasteiger partial charge is 0.378 e.